The van der Waals surface area contributed by atoms with Crippen LogP contribution in [0, 0.1) is 0 Å². The van der Waals surface area contributed by atoms with Gasteiger partial charge in [-0.15, -0.1) is 0 Å². The highest BCUT2D eigenvalue weighted by Crippen LogP contribution is 2.40. The molecule has 21 heavy (non-hydrogen) atoms. The summed E-state index contributed by atoms with van der Waals surface area (Å²) >= 11 is 6.17. The summed E-state index contributed by atoms with van der Waals surface area (Å²) in [5.74, 6) is 1.81. The molecule has 0 N–H and O–H groups in total. The van der Waals surface area contributed by atoms with Crippen LogP contribution in [0.5, 0.6) is 0 Å². The van der Waals surface area contributed by atoms with Crippen molar-refractivity contribution in [1.82, 2.24) is 10.1 Å². The van der Waals surface area contributed by atoms with Crippen molar-refractivity contribution < 1.29 is 9.32 Å². The second kappa shape index (κ2) is 4.84. The van der Waals surface area contributed by atoms with Crippen LogP contribution in [0.3, 0.4) is 0 Å². The van der Waals surface area contributed by atoms with Crippen LogP contribution >= 0.6 is 11.6 Å². The third-order valence-corrected chi connectivity index (χ3v) is 4.34. The lowest BCUT2D eigenvalue weighted by Crippen LogP contribution is -2.24. The van der Waals surface area contributed by atoms with Gasteiger partial charge in [-0.3, -0.25) is 4.79 Å². The van der Waals surface area contributed by atoms with Gasteiger partial charge in [-0.2, -0.15) is 4.98 Å². The predicted molar refractivity (Wildman–Crippen MR) is 77.4 cm³/mol. The van der Waals surface area contributed by atoms with E-state index in [0.29, 0.717) is 29.8 Å². The molecule has 6 heteroatoms. The fraction of sp³-hybridized carbons (Fsp3) is 0.400. The monoisotopic (exact) mass is 303 g/mol. The van der Waals surface area contributed by atoms with Gasteiger partial charge in [0.15, 0.2) is 5.82 Å². The minimum absolute atomic E-state index is 0.0410. The molecule has 1 aromatic heterocycles. The van der Waals surface area contributed by atoms with E-state index in [9.17, 15) is 4.79 Å². The number of carbonyl (C=O) groups excluding carboxylic acids is 1. The van der Waals surface area contributed by atoms with Crippen molar-refractivity contribution in [3.63, 3.8) is 0 Å². The van der Waals surface area contributed by atoms with E-state index < -0.39 is 0 Å². The highest BCUT2D eigenvalue weighted by molar-refractivity contribution is 6.33. The number of amides is 1. The average molecular weight is 304 g/mol. The Labute approximate surface area is 126 Å². The highest BCUT2D eigenvalue weighted by Gasteiger charge is 2.37. The van der Waals surface area contributed by atoms with E-state index >= 15 is 0 Å². The van der Waals surface area contributed by atoms with Crippen molar-refractivity contribution in [3.8, 4) is 0 Å². The van der Waals surface area contributed by atoms with Gasteiger partial charge in [0.25, 0.3) is 0 Å². The number of rotatable bonds is 3. The fourth-order valence-electron chi connectivity index (χ4n) is 2.70. The summed E-state index contributed by atoms with van der Waals surface area (Å²) in [4.78, 5) is 18.4. The van der Waals surface area contributed by atoms with Crippen molar-refractivity contribution in [2.45, 2.75) is 31.1 Å². The van der Waals surface area contributed by atoms with E-state index in [-0.39, 0.29) is 11.8 Å². The second-order valence-electron chi connectivity index (χ2n) is 5.62. The van der Waals surface area contributed by atoms with Crippen molar-refractivity contribution in [3.05, 3.63) is 41.0 Å². The zero-order valence-corrected chi connectivity index (χ0v) is 12.1. The van der Waals surface area contributed by atoms with E-state index in [0.717, 1.165) is 24.4 Å². The van der Waals surface area contributed by atoms with E-state index in [4.69, 9.17) is 16.1 Å². The van der Waals surface area contributed by atoms with Gasteiger partial charge < -0.3 is 9.42 Å². The Balaban J connectivity index is 1.57. The van der Waals surface area contributed by atoms with Gasteiger partial charge >= 0.3 is 0 Å². The van der Waals surface area contributed by atoms with E-state index in [1.165, 1.54) is 0 Å². The molecule has 2 fully saturated rings. The summed E-state index contributed by atoms with van der Waals surface area (Å²) in [6, 6.07) is 7.37. The van der Waals surface area contributed by atoms with E-state index in [2.05, 4.69) is 10.1 Å². The maximum Gasteiger partial charge on any atom is 0.232 e. The second-order valence-corrected chi connectivity index (χ2v) is 6.03. The zero-order valence-electron chi connectivity index (χ0n) is 11.3. The first kappa shape index (κ1) is 12.8. The Morgan fingerprint density at radius 3 is 2.81 bits per heavy atom. The molecule has 1 atom stereocenters. The number of hydrogen-bond acceptors (Lipinski definition) is 4. The molecule has 1 aromatic carbocycles. The van der Waals surface area contributed by atoms with Gasteiger partial charge in [0.2, 0.25) is 11.8 Å². The third kappa shape index (κ3) is 2.31. The molecule has 1 amide bonds. The quantitative estimate of drug-likeness (QED) is 0.874. The van der Waals surface area contributed by atoms with Crippen molar-refractivity contribution >= 4 is 23.2 Å². The summed E-state index contributed by atoms with van der Waals surface area (Å²) in [6.07, 6.45) is 2.65. The first-order chi connectivity index (χ1) is 10.2. The lowest BCUT2D eigenvalue weighted by Gasteiger charge is -2.17. The zero-order chi connectivity index (χ0) is 14.4. The van der Waals surface area contributed by atoms with Gasteiger partial charge in [0.05, 0.1) is 16.6 Å². The molecule has 1 aliphatic carbocycles. The molecule has 2 heterocycles. The summed E-state index contributed by atoms with van der Waals surface area (Å²) < 4.78 is 5.34. The van der Waals surface area contributed by atoms with Crippen molar-refractivity contribution in [2.75, 3.05) is 11.4 Å². The number of anilines is 1. The summed E-state index contributed by atoms with van der Waals surface area (Å²) in [7, 11) is 0. The SMILES string of the molecule is O=C1CC(c2nc(C3CC3)no2)CN1c1ccccc1Cl. The van der Waals surface area contributed by atoms with Crippen LogP contribution in [0.4, 0.5) is 5.69 Å². The number of halogens is 1. The van der Waals surface area contributed by atoms with Gasteiger partial charge in [0.1, 0.15) is 0 Å². The molecular weight excluding hydrogens is 290 g/mol. The maximum absolute atomic E-state index is 12.2. The fourth-order valence-corrected chi connectivity index (χ4v) is 2.93. The van der Waals surface area contributed by atoms with Crippen LogP contribution in [0.1, 0.15) is 42.8 Å². The number of para-hydroxylation sites is 1. The summed E-state index contributed by atoms with van der Waals surface area (Å²) in [5, 5.41) is 4.60. The molecule has 4 rings (SSSR count). The summed E-state index contributed by atoms with van der Waals surface area (Å²) in [5.41, 5.74) is 0.744. The first-order valence-electron chi connectivity index (χ1n) is 7.11. The standard InChI is InChI=1S/C15H14ClN3O2/c16-11-3-1-2-4-12(11)19-8-10(7-13(19)20)15-17-14(18-21-15)9-5-6-9/h1-4,9-10H,5-8H2. The van der Waals surface area contributed by atoms with Crippen LogP contribution in [-0.4, -0.2) is 22.6 Å². The normalized spacial score (nSPS) is 22.0. The number of nitrogens with zero attached hydrogens (tertiary/aromatic N) is 3. The molecule has 1 saturated carbocycles. The largest absolute Gasteiger partial charge is 0.339 e. The third-order valence-electron chi connectivity index (χ3n) is 4.02. The number of benzene rings is 1. The molecule has 1 aliphatic heterocycles. The van der Waals surface area contributed by atoms with Crippen LogP contribution in [0.15, 0.2) is 28.8 Å². The van der Waals surface area contributed by atoms with Gasteiger partial charge in [-0.1, -0.05) is 28.9 Å². The Morgan fingerprint density at radius 1 is 1.24 bits per heavy atom. The molecule has 2 aliphatic rings. The Kier molecular flexibility index (Phi) is 2.96. The lowest BCUT2D eigenvalue weighted by molar-refractivity contribution is -0.117. The Morgan fingerprint density at radius 2 is 2.05 bits per heavy atom. The average Bonchev–Trinajstić information content (AvgIpc) is 3.08. The minimum atomic E-state index is -0.0474. The van der Waals surface area contributed by atoms with E-state index in [1.807, 2.05) is 18.2 Å². The number of hydrogen-bond donors (Lipinski definition) is 0. The highest BCUT2D eigenvalue weighted by atomic mass is 35.5. The van der Waals surface area contributed by atoms with Crippen LogP contribution in [0.2, 0.25) is 5.02 Å². The first-order valence-corrected chi connectivity index (χ1v) is 7.48. The molecule has 2 aromatic rings. The molecule has 1 saturated heterocycles. The Bertz CT molecular complexity index is 696. The van der Waals surface area contributed by atoms with Crippen molar-refractivity contribution in [1.29, 1.82) is 0 Å². The molecule has 0 radical (unpaired) electrons. The smallest absolute Gasteiger partial charge is 0.232 e. The maximum atomic E-state index is 12.2. The molecule has 0 spiro atoms. The molecular formula is C15H14ClN3O2. The van der Waals surface area contributed by atoms with E-state index in [1.54, 1.807) is 11.0 Å². The number of carbonyl (C=O) groups is 1. The van der Waals surface area contributed by atoms with Gasteiger partial charge in [-0.05, 0) is 25.0 Å². The molecule has 0 bridgehead atoms. The van der Waals surface area contributed by atoms with Gasteiger partial charge in [-0.25, -0.2) is 0 Å². The topological polar surface area (TPSA) is 59.2 Å². The number of aromatic nitrogens is 2. The molecule has 1 unspecified atom stereocenters. The predicted octanol–water partition coefficient (Wildman–Crippen LogP) is 3.12. The summed E-state index contributed by atoms with van der Waals surface area (Å²) in [6.45, 7) is 0.537. The van der Waals surface area contributed by atoms with Crippen LogP contribution < -0.4 is 4.90 Å². The minimum Gasteiger partial charge on any atom is -0.339 e. The van der Waals surface area contributed by atoms with Crippen LogP contribution in [0.25, 0.3) is 0 Å². The van der Waals surface area contributed by atoms with Crippen molar-refractivity contribution in [2.24, 2.45) is 0 Å². The lowest BCUT2D eigenvalue weighted by atomic mass is 10.1. The van der Waals surface area contributed by atoms with Crippen LogP contribution in [-0.2, 0) is 4.79 Å². The Hall–Kier alpha value is -1.88. The van der Waals surface area contributed by atoms with Gasteiger partial charge in [0, 0.05) is 18.9 Å². The molecule has 5 nitrogen and oxygen atoms in total. The molecule has 108 valence electrons.